The standard InChI is InChI=1S/C21H31N5O2/c1-3-19-25-20(28-26-19)16-7-5-15(6-8-16)13-14-23-21(22-4-2)24-17-9-11-18(27)12-10-17/h5-8,17-18,27H,3-4,9-14H2,1-2H3,(H2,22,23,24). The normalized spacial score (nSPS) is 20.2. The van der Waals surface area contributed by atoms with Gasteiger partial charge >= 0.3 is 0 Å². The molecule has 1 aromatic carbocycles. The Kier molecular flexibility index (Phi) is 7.42. The van der Waals surface area contributed by atoms with E-state index in [1.54, 1.807) is 0 Å². The Morgan fingerprint density at radius 3 is 2.57 bits per heavy atom. The van der Waals surface area contributed by atoms with Gasteiger partial charge < -0.3 is 20.3 Å². The average Bonchev–Trinajstić information content (AvgIpc) is 3.20. The van der Waals surface area contributed by atoms with Gasteiger partial charge in [-0.1, -0.05) is 24.2 Å². The Bertz CT molecular complexity index is 748. The highest BCUT2D eigenvalue weighted by molar-refractivity contribution is 5.80. The van der Waals surface area contributed by atoms with E-state index in [1.807, 2.05) is 19.1 Å². The quantitative estimate of drug-likeness (QED) is 0.501. The zero-order valence-corrected chi connectivity index (χ0v) is 16.8. The van der Waals surface area contributed by atoms with Gasteiger partial charge in [-0.2, -0.15) is 4.98 Å². The van der Waals surface area contributed by atoms with Crippen LogP contribution in [0.25, 0.3) is 11.5 Å². The smallest absolute Gasteiger partial charge is 0.257 e. The number of guanidine groups is 1. The predicted molar refractivity (Wildman–Crippen MR) is 110 cm³/mol. The van der Waals surface area contributed by atoms with Crippen LogP contribution in [0.1, 0.15) is 50.9 Å². The van der Waals surface area contributed by atoms with Gasteiger partial charge in [0.25, 0.3) is 5.89 Å². The number of aromatic nitrogens is 2. The number of hydrogen-bond donors (Lipinski definition) is 3. The summed E-state index contributed by atoms with van der Waals surface area (Å²) in [6.45, 7) is 5.62. The molecule has 2 aromatic rings. The maximum Gasteiger partial charge on any atom is 0.257 e. The van der Waals surface area contributed by atoms with Crippen molar-refractivity contribution >= 4 is 5.96 Å². The molecule has 28 heavy (non-hydrogen) atoms. The average molecular weight is 386 g/mol. The van der Waals surface area contributed by atoms with Crippen LogP contribution in [0, 0.1) is 0 Å². The van der Waals surface area contributed by atoms with E-state index in [4.69, 9.17) is 9.52 Å². The van der Waals surface area contributed by atoms with E-state index in [-0.39, 0.29) is 6.10 Å². The summed E-state index contributed by atoms with van der Waals surface area (Å²) < 4.78 is 5.28. The van der Waals surface area contributed by atoms with E-state index < -0.39 is 0 Å². The molecule has 1 saturated carbocycles. The van der Waals surface area contributed by atoms with Gasteiger partial charge in [0.05, 0.1) is 6.10 Å². The molecule has 0 saturated heterocycles. The number of nitrogens with one attached hydrogen (secondary N) is 2. The van der Waals surface area contributed by atoms with Crippen molar-refractivity contribution in [2.24, 2.45) is 4.99 Å². The highest BCUT2D eigenvalue weighted by Crippen LogP contribution is 2.19. The molecule has 0 unspecified atom stereocenters. The van der Waals surface area contributed by atoms with E-state index in [2.05, 4.69) is 39.8 Å². The zero-order valence-electron chi connectivity index (χ0n) is 16.8. The molecule has 152 valence electrons. The second-order valence-corrected chi connectivity index (χ2v) is 7.23. The lowest BCUT2D eigenvalue weighted by Crippen LogP contribution is -2.45. The summed E-state index contributed by atoms with van der Waals surface area (Å²) >= 11 is 0. The van der Waals surface area contributed by atoms with Crippen LogP contribution in [-0.2, 0) is 12.8 Å². The van der Waals surface area contributed by atoms with Crippen molar-refractivity contribution in [1.82, 2.24) is 20.8 Å². The van der Waals surface area contributed by atoms with Crippen molar-refractivity contribution in [3.05, 3.63) is 35.7 Å². The molecule has 0 radical (unpaired) electrons. The van der Waals surface area contributed by atoms with Crippen LogP contribution in [0.5, 0.6) is 0 Å². The fourth-order valence-corrected chi connectivity index (χ4v) is 3.36. The lowest BCUT2D eigenvalue weighted by molar-refractivity contribution is 0.120. The summed E-state index contributed by atoms with van der Waals surface area (Å²) in [4.78, 5) is 9.07. The molecule has 7 nitrogen and oxygen atoms in total. The van der Waals surface area contributed by atoms with Gasteiger partial charge in [-0.15, -0.1) is 0 Å². The fourth-order valence-electron chi connectivity index (χ4n) is 3.36. The summed E-state index contributed by atoms with van der Waals surface area (Å²) in [5.41, 5.74) is 2.16. The number of aliphatic hydroxyl groups excluding tert-OH is 1. The number of aryl methyl sites for hydroxylation is 1. The Morgan fingerprint density at radius 1 is 1.18 bits per heavy atom. The molecular weight excluding hydrogens is 354 g/mol. The monoisotopic (exact) mass is 385 g/mol. The first kappa shape index (κ1) is 20.3. The Balaban J connectivity index is 1.52. The van der Waals surface area contributed by atoms with E-state index in [0.717, 1.165) is 62.4 Å². The number of hydrogen-bond acceptors (Lipinski definition) is 5. The maximum atomic E-state index is 9.65. The van der Waals surface area contributed by atoms with Crippen LogP contribution in [-0.4, -0.2) is 46.4 Å². The van der Waals surface area contributed by atoms with Gasteiger partial charge in [0.15, 0.2) is 11.8 Å². The summed E-state index contributed by atoms with van der Waals surface area (Å²) in [7, 11) is 0. The highest BCUT2D eigenvalue weighted by atomic mass is 16.5. The van der Waals surface area contributed by atoms with E-state index in [9.17, 15) is 5.11 Å². The highest BCUT2D eigenvalue weighted by Gasteiger charge is 2.19. The fraction of sp³-hybridized carbons (Fsp3) is 0.571. The van der Waals surface area contributed by atoms with Crippen molar-refractivity contribution in [2.75, 3.05) is 13.1 Å². The molecule has 7 heteroatoms. The van der Waals surface area contributed by atoms with Crippen LogP contribution < -0.4 is 10.6 Å². The molecule has 1 aromatic heterocycles. The second kappa shape index (κ2) is 10.2. The molecule has 0 spiro atoms. The van der Waals surface area contributed by atoms with Gasteiger partial charge in [-0.25, -0.2) is 0 Å². The van der Waals surface area contributed by atoms with Crippen molar-refractivity contribution in [1.29, 1.82) is 0 Å². The number of rotatable bonds is 7. The summed E-state index contributed by atoms with van der Waals surface area (Å²) in [6, 6.07) is 8.60. The Morgan fingerprint density at radius 2 is 1.93 bits per heavy atom. The largest absolute Gasteiger partial charge is 0.393 e. The SMILES string of the molecule is CCNC(=NCCc1ccc(-c2nc(CC)no2)cc1)NC1CCC(O)CC1. The molecule has 1 aliphatic rings. The van der Waals surface area contributed by atoms with Crippen LogP contribution in [0.4, 0.5) is 0 Å². The van der Waals surface area contributed by atoms with E-state index >= 15 is 0 Å². The van der Waals surface area contributed by atoms with Gasteiger partial charge in [-0.3, -0.25) is 4.99 Å². The molecule has 0 aliphatic heterocycles. The first-order chi connectivity index (χ1) is 13.7. The molecule has 1 aliphatic carbocycles. The molecule has 3 rings (SSSR count). The molecule has 1 fully saturated rings. The number of aliphatic hydroxyl groups is 1. The topological polar surface area (TPSA) is 95.6 Å². The third-order valence-corrected chi connectivity index (χ3v) is 5.04. The lowest BCUT2D eigenvalue weighted by Gasteiger charge is -2.27. The van der Waals surface area contributed by atoms with Crippen LogP contribution in [0.15, 0.2) is 33.8 Å². The minimum absolute atomic E-state index is 0.138. The number of aliphatic imine (C=N–C) groups is 1. The van der Waals surface area contributed by atoms with Crippen molar-refractivity contribution < 1.29 is 9.63 Å². The van der Waals surface area contributed by atoms with Crippen molar-refractivity contribution in [2.45, 2.75) is 64.5 Å². The summed E-state index contributed by atoms with van der Waals surface area (Å²) in [5.74, 6) is 2.15. The maximum absolute atomic E-state index is 9.65. The van der Waals surface area contributed by atoms with Crippen molar-refractivity contribution in [3.8, 4) is 11.5 Å². The third kappa shape index (κ3) is 5.79. The van der Waals surface area contributed by atoms with Crippen molar-refractivity contribution in [3.63, 3.8) is 0 Å². The lowest BCUT2D eigenvalue weighted by atomic mass is 9.93. The Labute approximate surface area is 166 Å². The minimum Gasteiger partial charge on any atom is -0.393 e. The third-order valence-electron chi connectivity index (χ3n) is 5.04. The molecule has 0 atom stereocenters. The van der Waals surface area contributed by atoms with E-state index in [0.29, 0.717) is 18.5 Å². The van der Waals surface area contributed by atoms with Crippen LogP contribution in [0.2, 0.25) is 0 Å². The summed E-state index contributed by atoms with van der Waals surface area (Å²) in [5, 5.41) is 20.4. The Hall–Kier alpha value is -2.41. The molecule has 0 bridgehead atoms. The predicted octanol–water partition coefficient (Wildman–Crippen LogP) is 2.70. The molecular formula is C21H31N5O2. The summed E-state index contributed by atoms with van der Waals surface area (Å²) in [6.07, 6.45) is 5.20. The number of nitrogens with zero attached hydrogens (tertiary/aromatic N) is 3. The van der Waals surface area contributed by atoms with Gasteiger partial charge in [-0.05, 0) is 56.7 Å². The minimum atomic E-state index is -0.138. The first-order valence-electron chi connectivity index (χ1n) is 10.3. The van der Waals surface area contributed by atoms with Crippen LogP contribution >= 0.6 is 0 Å². The van der Waals surface area contributed by atoms with Crippen LogP contribution in [0.3, 0.4) is 0 Å². The van der Waals surface area contributed by atoms with Gasteiger partial charge in [0, 0.05) is 31.1 Å². The number of benzene rings is 1. The molecule has 3 N–H and O–H groups in total. The molecule has 1 heterocycles. The zero-order chi connectivity index (χ0) is 19.8. The second-order valence-electron chi connectivity index (χ2n) is 7.23. The van der Waals surface area contributed by atoms with E-state index in [1.165, 1.54) is 5.56 Å². The molecule has 0 amide bonds. The van der Waals surface area contributed by atoms with Gasteiger partial charge in [0.2, 0.25) is 0 Å². The first-order valence-corrected chi connectivity index (χ1v) is 10.3. The van der Waals surface area contributed by atoms with Gasteiger partial charge in [0.1, 0.15) is 0 Å².